The molecule has 3 rings (SSSR count). The summed E-state index contributed by atoms with van der Waals surface area (Å²) >= 11 is 0. The van der Waals surface area contributed by atoms with Crippen LogP contribution in [0.4, 0.5) is 0 Å². The van der Waals surface area contributed by atoms with Crippen LogP contribution < -0.4 is 5.32 Å². The largest absolute Gasteiger partial charge is 0.311 e. The molecular formula is C16H21N. The number of fused-ring (bicyclic) bond motifs is 1. The van der Waals surface area contributed by atoms with E-state index in [-0.39, 0.29) is 0 Å². The summed E-state index contributed by atoms with van der Waals surface area (Å²) in [5.41, 5.74) is 3.12. The average Bonchev–Trinajstić information content (AvgIpc) is 2.40. The highest BCUT2D eigenvalue weighted by atomic mass is 14.9. The maximum absolute atomic E-state index is 3.85. The van der Waals surface area contributed by atoms with Crippen molar-refractivity contribution in [1.82, 2.24) is 5.32 Å². The first-order valence-corrected chi connectivity index (χ1v) is 6.89. The Morgan fingerprint density at radius 2 is 1.82 bits per heavy atom. The lowest BCUT2D eigenvalue weighted by Crippen LogP contribution is -2.41. The summed E-state index contributed by atoms with van der Waals surface area (Å²) < 4.78 is 0. The lowest BCUT2D eigenvalue weighted by Gasteiger charge is -2.30. The lowest BCUT2D eigenvalue weighted by molar-refractivity contribution is 0.374. The number of nitrogens with one attached hydrogen (secondary N) is 1. The van der Waals surface area contributed by atoms with Crippen molar-refractivity contribution in [3.8, 4) is 0 Å². The number of aryl methyl sites for hydroxylation is 1. The van der Waals surface area contributed by atoms with Gasteiger partial charge in [0.1, 0.15) is 0 Å². The van der Waals surface area contributed by atoms with Crippen molar-refractivity contribution in [1.29, 1.82) is 0 Å². The molecule has 0 radical (unpaired) electrons. The van der Waals surface area contributed by atoms with Gasteiger partial charge < -0.3 is 5.32 Å². The number of hydrogen-bond donors (Lipinski definition) is 1. The second-order valence-corrected chi connectivity index (χ2v) is 5.36. The molecule has 0 aromatic heterocycles. The minimum Gasteiger partial charge on any atom is -0.311 e. The first kappa shape index (κ1) is 11.0. The number of allylic oxidation sites excluding steroid dienone is 1. The second-order valence-electron chi connectivity index (χ2n) is 5.36. The molecule has 0 aliphatic heterocycles. The van der Waals surface area contributed by atoms with Gasteiger partial charge in [-0.15, -0.1) is 0 Å². The van der Waals surface area contributed by atoms with Crippen molar-refractivity contribution < 1.29 is 0 Å². The first-order chi connectivity index (χ1) is 8.42. The van der Waals surface area contributed by atoms with E-state index in [1.165, 1.54) is 38.5 Å². The summed E-state index contributed by atoms with van der Waals surface area (Å²) in [5, 5.41) is 3.85. The smallest absolute Gasteiger partial charge is 0.0113 e. The molecule has 1 nitrogen and oxygen atoms in total. The molecule has 1 aromatic rings. The lowest BCUT2D eigenvalue weighted by atomic mass is 9.87. The molecule has 0 spiro atoms. The van der Waals surface area contributed by atoms with E-state index in [4.69, 9.17) is 0 Å². The highest BCUT2D eigenvalue weighted by Gasteiger charge is 2.20. The molecule has 0 amide bonds. The van der Waals surface area contributed by atoms with Crippen LogP contribution >= 0.6 is 0 Å². The zero-order valence-electron chi connectivity index (χ0n) is 10.4. The van der Waals surface area contributed by atoms with Crippen molar-refractivity contribution in [2.45, 2.75) is 50.6 Å². The fraction of sp³-hybridized carbons (Fsp3) is 0.500. The van der Waals surface area contributed by atoms with Crippen molar-refractivity contribution >= 4 is 0 Å². The first-order valence-electron chi connectivity index (χ1n) is 6.89. The molecule has 2 atom stereocenters. The summed E-state index contributed by atoms with van der Waals surface area (Å²) in [5.74, 6) is 0. The van der Waals surface area contributed by atoms with Crippen LogP contribution in [0, 0.1) is 0 Å². The zero-order valence-corrected chi connectivity index (χ0v) is 10.4. The Balaban J connectivity index is 1.62. The van der Waals surface area contributed by atoms with Gasteiger partial charge in [-0.1, -0.05) is 36.4 Å². The van der Waals surface area contributed by atoms with Crippen LogP contribution in [0.25, 0.3) is 0 Å². The van der Waals surface area contributed by atoms with Crippen LogP contribution in [0.2, 0.25) is 0 Å². The standard InChI is InChI=1S/C16H21N/c1-2-8-15(9-3-1)17-16-11-10-13-6-4-5-7-14(13)12-16/h1-2,4-7,15-17H,3,8-12H2. The van der Waals surface area contributed by atoms with Gasteiger partial charge in [-0.05, 0) is 49.7 Å². The zero-order chi connectivity index (χ0) is 11.5. The maximum atomic E-state index is 3.85. The van der Waals surface area contributed by atoms with Crippen molar-refractivity contribution in [3.63, 3.8) is 0 Å². The Bertz CT molecular complexity index is 408. The van der Waals surface area contributed by atoms with Gasteiger partial charge in [0, 0.05) is 12.1 Å². The topological polar surface area (TPSA) is 12.0 Å². The van der Waals surface area contributed by atoms with Gasteiger partial charge in [-0.25, -0.2) is 0 Å². The Hall–Kier alpha value is -1.08. The van der Waals surface area contributed by atoms with Gasteiger partial charge >= 0.3 is 0 Å². The normalized spacial score (nSPS) is 27.8. The highest BCUT2D eigenvalue weighted by Crippen LogP contribution is 2.22. The van der Waals surface area contributed by atoms with Gasteiger partial charge in [0.2, 0.25) is 0 Å². The molecule has 2 aliphatic carbocycles. The monoisotopic (exact) mass is 227 g/mol. The van der Waals surface area contributed by atoms with E-state index in [0.29, 0.717) is 6.04 Å². The number of benzene rings is 1. The van der Waals surface area contributed by atoms with E-state index < -0.39 is 0 Å². The Kier molecular flexibility index (Phi) is 3.28. The molecule has 0 saturated carbocycles. The third kappa shape index (κ3) is 2.61. The maximum Gasteiger partial charge on any atom is 0.0113 e. The summed E-state index contributed by atoms with van der Waals surface area (Å²) in [4.78, 5) is 0. The molecule has 1 N–H and O–H groups in total. The van der Waals surface area contributed by atoms with Gasteiger partial charge in [0.05, 0.1) is 0 Å². The second kappa shape index (κ2) is 5.05. The van der Waals surface area contributed by atoms with Crippen LogP contribution in [0.15, 0.2) is 36.4 Å². The van der Waals surface area contributed by atoms with Gasteiger partial charge in [-0.2, -0.15) is 0 Å². The molecular weight excluding hydrogens is 206 g/mol. The summed E-state index contributed by atoms with van der Waals surface area (Å²) in [6.45, 7) is 0. The molecule has 90 valence electrons. The predicted octanol–water partition coefficient (Wildman–Crippen LogP) is 3.24. The fourth-order valence-corrected chi connectivity index (χ4v) is 3.12. The molecule has 1 aromatic carbocycles. The summed E-state index contributed by atoms with van der Waals surface area (Å²) in [6, 6.07) is 10.3. The quantitative estimate of drug-likeness (QED) is 0.765. The molecule has 0 heterocycles. The average molecular weight is 227 g/mol. The van der Waals surface area contributed by atoms with Gasteiger partial charge in [-0.3, -0.25) is 0 Å². The van der Waals surface area contributed by atoms with E-state index >= 15 is 0 Å². The number of hydrogen-bond acceptors (Lipinski definition) is 1. The Morgan fingerprint density at radius 3 is 2.65 bits per heavy atom. The van der Waals surface area contributed by atoms with Crippen LogP contribution in [0.1, 0.15) is 36.8 Å². The van der Waals surface area contributed by atoms with Gasteiger partial charge in [0.15, 0.2) is 0 Å². The van der Waals surface area contributed by atoms with E-state index in [9.17, 15) is 0 Å². The Labute approximate surface area is 104 Å². The van der Waals surface area contributed by atoms with Crippen LogP contribution in [-0.2, 0) is 12.8 Å². The van der Waals surface area contributed by atoms with Gasteiger partial charge in [0.25, 0.3) is 0 Å². The molecule has 17 heavy (non-hydrogen) atoms. The third-order valence-electron chi connectivity index (χ3n) is 4.09. The molecule has 2 aliphatic rings. The van der Waals surface area contributed by atoms with E-state index in [0.717, 1.165) is 6.04 Å². The summed E-state index contributed by atoms with van der Waals surface area (Å²) in [7, 11) is 0. The minimum atomic E-state index is 0.696. The molecule has 2 unspecified atom stereocenters. The number of rotatable bonds is 2. The predicted molar refractivity (Wildman–Crippen MR) is 72.2 cm³/mol. The molecule has 0 fully saturated rings. The minimum absolute atomic E-state index is 0.696. The SMILES string of the molecule is C1=CCC(NC2CCc3ccccc3C2)CC1. The molecule has 1 heteroatoms. The van der Waals surface area contributed by atoms with Crippen molar-refractivity contribution in [2.24, 2.45) is 0 Å². The fourth-order valence-electron chi connectivity index (χ4n) is 3.12. The highest BCUT2D eigenvalue weighted by molar-refractivity contribution is 5.30. The third-order valence-corrected chi connectivity index (χ3v) is 4.09. The van der Waals surface area contributed by atoms with Crippen LogP contribution in [0.3, 0.4) is 0 Å². The van der Waals surface area contributed by atoms with Crippen molar-refractivity contribution in [2.75, 3.05) is 0 Å². The van der Waals surface area contributed by atoms with Crippen molar-refractivity contribution in [3.05, 3.63) is 47.5 Å². The van der Waals surface area contributed by atoms with Crippen LogP contribution in [-0.4, -0.2) is 12.1 Å². The molecule has 0 saturated heterocycles. The summed E-state index contributed by atoms with van der Waals surface area (Å²) in [6.07, 6.45) is 12.2. The van der Waals surface area contributed by atoms with Crippen LogP contribution in [0.5, 0.6) is 0 Å². The van der Waals surface area contributed by atoms with E-state index in [2.05, 4.69) is 41.7 Å². The molecule has 0 bridgehead atoms. The van der Waals surface area contributed by atoms with E-state index in [1.807, 2.05) is 0 Å². The Morgan fingerprint density at radius 1 is 0.941 bits per heavy atom. The van der Waals surface area contributed by atoms with E-state index in [1.54, 1.807) is 11.1 Å².